The second-order valence-corrected chi connectivity index (χ2v) is 6.28. The number of aryl methyl sites for hydroxylation is 1. The molecule has 0 saturated heterocycles. The Kier molecular flexibility index (Phi) is 3.32. The summed E-state index contributed by atoms with van der Waals surface area (Å²) in [6, 6.07) is 15.9. The molecule has 0 amide bonds. The summed E-state index contributed by atoms with van der Waals surface area (Å²) in [5, 5.41) is 4.11. The highest BCUT2D eigenvalue weighted by molar-refractivity contribution is 7.11. The average Bonchev–Trinajstić information content (AvgIpc) is 3.14. The van der Waals surface area contributed by atoms with E-state index in [1.54, 1.807) is 17.4 Å². The first-order valence-corrected chi connectivity index (χ1v) is 8.15. The van der Waals surface area contributed by atoms with Crippen molar-refractivity contribution in [2.75, 3.05) is 0 Å². The molecule has 1 aromatic heterocycles. The number of fused-ring (bicyclic) bond motifs is 1. The maximum atomic E-state index is 12.1. The van der Waals surface area contributed by atoms with Crippen molar-refractivity contribution in [3.05, 3.63) is 75.6 Å². The molecule has 1 aliphatic rings. The number of esters is 1. The molecule has 2 heterocycles. The van der Waals surface area contributed by atoms with Gasteiger partial charge in [-0.05, 0) is 46.8 Å². The monoisotopic (exact) mass is 319 g/mol. The van der Waals surface area contributed by atoms with Gasteiger partial charge in [-0.25, -0.2) is 9.79 Å². The van der Waals surface area contributed by atoms with Gasteiger partial charge < -0.3 is 4.74 Å². The zero-order chi connectivity index (χ0) is 15.8. The lowest BCUT2D eigenvalue weighted by atomic mass is 10.0. The van der Waals surface area contributed by atoms with Crippen molar-refractivity contribution in [2.24, 2.45) is 4.99 Å². The number of cyclic esters (lactones) is 1. The van der Waals surface area contributed by atoms with Crippen molar-refractivity contribution in [1.29, 1.82) is 0 Å². The Morgan fingerprint density at radius 2 is 1.91 bits per heavy atom. The molecule has 4 rings (SSSR count). The predicted octanol–water partition coefficient (Wildman–Crippen LogP) is 4.55. The molecule has 0 fully saturated rings. The smallest absolute Gasteiger partial charge is 0.363 e. The van der Waals surface area contributed by atoms with Crippen molar-refractivity contribution in [1.82, 2.24) is 0 Å². The molecule has 3 aromatic rings. The number of rotatable bonds is 2. The highest BCUT2D eigenvalue weighted by Gasteiger charge is 2.25. The van der Waals surface area contributed by atoms with Crippen LogP contribution in [0.3, 0.4) is 0 Å². The number of ether oxygens (including phenoxy) is 1. The molecular weight excluding hydrogens is 306 g/mol. The number of carbonyl (C=O) groups is 1. The van der Waals surface area contributed by atoms with E-state index in [1.165, 1.54) is 0 Å². The van der Waals surface area contributed by atoms with Gasteiger partial charge in [-0.3, -0.25) is 0 Å². The number of hydrogen-bond acceptors (Lipinski definition) is 4. The molecule has 1 aliphatic heterocycles. The lowest BCUT2D eigenvalue weighted by molar-refractivity contribution is -0.129. The molecule has 112 valence electrons. The van der Waals surface area contributed by atoms with E-state index in [1.807, 2.05) is 60.8 Å². The van der Waals surface area contributed by atoms with Crippen molar-refractivity contribution < 1.29 is 9.53 Å². The third kappa shape index (κ3) is 2.47. The normalized spacial score (nSPS) is 16.0. The SMILES string of the molecule is Cc1ccsc1/C=C1\N=C(c2cccc3ccccc23)OC1=O. The maximum absolute atomic E-state index is 12.1. The fourth-order valence-electron chi connectivity index (χ4n) is 2.59. The Morgan fingerprint density at radius 3 is 2.74 bits per heavy atom. The van der Waals surface area contributed by atoms with E-state index in [0.29, 0.717) is 11.6 Å². The number of thiophene rings is 1. The summed E-state index contributed by atoms with van der Waals surface area (Å²) in [4.78, 5) is 17.6. The van der Waals surface area contributed by atoms with Crippen LogP contribution in [0.15, 0.2) is 64.6 Å². The maximum Gasteiger partial charge on any atom is 0.363 e. The van der Waals surface area contributed by atoms with Gasteiger partial charge in [0, 0.05) is 10.4 Å². The van der Waals surface area contributed by atoms with Crippen molar-refractivity contribution in [3.63, 3.8) is 0 Å². The molecule has 23 heavy (non-hydrogen) atoms. The van der Waals surface area contributed by atoms with E-state index in [9.17, 15) is 4.79 Å². The van der Waals surface area contributed by atoms with Gasteiger partial charge in [-0.2, -0.15) is 0 Å². The quantitative estimate of drug-likeness (QED) is 0.513. The number of carbonyl (C=O) groups excluding carboxylic acids is 1. The van der Waals surface area contributed by atoms with Crippen molar-refractivity contribution in [2.45, 2.75) is 6.92 Å². The van der Waals surface area contributed by atoms with Crippen LogP contribution in [-0.4, -0.2) is 11.9 Å². The van der Waals surface area contributed by atoms with Crippen LogP contribution in [0.4, 0.5) is 0 Å². The molecular formula is C19H13NO2S. The minimum Gasteiger partial charge on any atom is -0.402 e. The van der Waals surface area contributed by atoms with E-state index in [4.69, 9.17) is 4.74 Å². The Balaban J connectivity index is 1.81. The topological polar surface area (TPSA) is 38.7 Å². The summed E-state index contributed by atoms with van der Waals surface area (Å²) in [7, 11) is 0. The number of hydrogen-bond donors (Lipinski definition) is 0. The van der Waals surface area contributed by atoms with Crippen LogP contribution < -0.4 is 0 Å². The molecule has 4 heteroatoms. The summed E-state index contributed by atoms with van der Waals surface area (Å²) in [6.45, 7) is 2.01. The summed E-state index contributed by atoms with van der Waals surface area (Å²) in [5.74, 6) is -0.0343. The third-order valence-electron chi connectivity index (χ3n) is 3.81. The minimum atomic E-state index is -0.402. The highest BCUT2D eigenvalue weighted by atomic mass is 32.1. The Hall–Kier alpha value is -2.72. The van der Waals surface area contributed by atoms with Gasteiger partial charge in [0.15, 0.2) is 5.70 Å². The largest absolute Gasteiger partial charge is 0.402 e. The Bertz CT molecular complexity index is 976. The van der Waals surface area contributed by atoms with E-state index in [0.717, 1.165) is 26.8 Å². The Labute approximate surface area is 137 Å². The van der Waals surface area contributed by atoms with Gasteiger partial charge in [0.2, 0.25) is 5.90 Å². The van der Waals surface area contributed by atoms with Crippen LogP contribution in [-0.2, 0) is 9.53 Å². The number of aliphatic imine (C=N–C) groups is 1. The molecule has 2 aromatic carbocycles. The van der Waals surface area contributed by atoms with Gasteiger partial charge >= 0.3 is 5.97 Å². The number of nitrogens with zero attached hydrogens (tertiary/aromatic N) is 1. The first-order valence-electron chi connectivity index (χ1n) is 7.27. The van der Waals surface area contributed by atoms with E-state index < -0.39 is 5.97 Å². The van der Waals surface area contributed by atoms with E-state index in [2.05, 4.69) is 4.99 Å². The van der Waals surface area contributed by atoms with E-state index >= 15 is 0 Å². The average molecular weight is 319 g/mol. The first-order chi connectivity index (χ1) is 11.2. The molecule has 0 spiro atoms. The highest BCUT2D eigenvalue weighted by Crippen LogP contribution is 2.26. The molecule has 0 aliphatic carbocycles. The zero-order valence-corrected chi connectivity index (χ0v) is 13.3. The molecule has 0 saturated carbocycles. The van der Waals surface area contributed by atoms with Crippen LogP contribution in [0.1, 0.15) is 16.0 Å². The Morgan fingerprint density at radius 1 is 1.09 bits per heavy atom. The molecule has 0 radical (unpaired) electrons. The first kappa shape index (κ1) is 13.9. The zero-order valence-electron chi connectivity index (χ0n) is 12.4. The van der Waals surface area contributed by atoms with Gasteiger partial charge in [-0.1, -0.05) is 36.4 Å². The fraction of sp³-hybridized carbons (Fsp3) is 0.0526. The predicted molar refractivity (Wildman–Crippen MR) is 93.6 cm³/mol. The molecule has 3 nitrogen and oxygen atoms in total. The second-order valence-electron chi connectivity index (χ2n) is 5.33. The summed E-state index contributed by atoms with van der Waals surface area (Å²) in [6.07, 6.45) is 1.79. The number of benzene rings is 2. The summed E-state index contributed by atoms with van der Waals surface area (Å²) < 4.78 is 5.40. The summed E-state index contributed by atoms with van der Waals surface area (Å²) >= 11 is 1.58. The van der Waals surface area contributed by atoms with E-state index in [-0.39, 0.29) is 0 Å². The van der Waals surface area contributed by atoms with Crippen LogP contribution >= 0.6 is 11.3 Å². The molecule has 0 bridgehead atoms. The van der Waals surface area contributed by atoms with Gasteiger partial charge in [0.25, 0.3) is 0 Å². The van der Waals surface area contributed by atoms with Crippen LogP contribution in [0.2, 0.25) is 0 Å². The molecule has 0 unspecified atom stereocenters. The van der Waals surface area contributed by atoms with Crippen molar-refractivity contribution >= 4 is 40.1 Å². The fourth-order valence-corrected chi connectivity index (χ4v) is 3.45. The second kappa shape index (κ2) is 5.48. The van der Waals surface area contributed by atoms with Crippen molar-refractivity contribution in [3.8, 4) is 0 Å². The summed E-state index contributed by atoms with van der Waals surface area (Å²) in [5.41, 5.74) is 2.31. The van der Waals surface area contributed by atoms with Gasteiger partial charge in [0.05, 0.1) is 0 Å². The lowest BCUT2D eigenvalue weighted by Crippen LogP contribution is -2.05. The lowest BCUT2D eigenvalue weighted by Gasteiger charge is -2.04. The van der Waals surface area contributed by atoms with Gasteiger partial charge in [-0.15, -0.1) is 11.3 Å². The molecule has 0 atom stereocenters. The standard InChI is InChI=1S/C19H13NO2S/c1-12-9-10-23-17(12)11-16-19(21)22-18(20-16)15-8-4-6-13-5-2-3-7-14(13)15/h2-11H,1H3/b16-11-. The van der Waals surface area contributed by atoms with Crippen LogP contribution in [0, 0.1) is 6.92 Å². The van der Waals surface area contributed by atoms with Crippen LogP contribution in [0.5, 0.6) is 0 Å². The minimum absolute atomic E-state index is 0.346. The third-order valence-corrected chi connectivity index (χ3v) is 4.78. The molecule has 0 N–H and O–H groups in total. The van der Waals surface area contributed by atoms with Gasteiger partial charge in [0.1, 0.15) is 0 Å². The van der Waals surface area contributed by atoms with Crippen LogP contribution in [0.25, 0.3) is 16.8 Å².